The summed E-state index contributed by atoms with van der Waals surface area (Å²) in [6.45, 7) is 2.00. The van der Waals surface area contributed by atoms with Gasteiger partial charge in [-0.1, -0.05) is 6.42 Å². The fraction of sp³-hybridized carbons (Fsp3) is 0.667. The van der Waals surface area contributed by atoms with Gasteiger partial charge in [-0.05, 0) is 32.6 Å². The van der Waals surface area contributed by atoms with Crippen LogP contribution in [0.3, 0.4) is 0 Å². The fourth-order valence-corrected chi connectivity index (χ4v) is 2.96. The SMILES string of the molecule is Cc1c2c(nn1C)CCC1(CCC1)C2=O. The minimum Gasteiger partial charge on any atom is -0.293 e. The number of carbonyl (C=O) groups excluding carboxylic acids is 1. The second kappa shape index (κ2) is 2.71. The van der Waals surface area contributed by atoms with Crippen LogP contribution in [0.5, 0.6) is 0 Å². The van der Waals surface area contributed by atoms with Gasteiger partial charge in [0, 0.05) is 18.2 Å². The topological polar surface area (TPSA) is 34.9 Å². The number of hydrogen-bond acceptors (Lipinski definition) is 2. The molecule has 0 unspecified atom stereocenters. The maximum Gasteiger partial charge on any atom is 0.172 e. The van der Waals surface area contributed by atoms with Crippen LogP contribution in [0.2, 0.25) is 0 Å². The number of nitrogens with zero attached hydrogens (tertiary/aromatic N) is 2. The van der Waals surface area contributed by atoms with Crippen molar-refractivity contribution < 1.29 is 4.79 Å². The van der Waals surface area contributed by atoms with Crippen LogP contribution in [0.4, 0.5) is 0 Å². The number of aromatic nitrogens is 2. The number of rotatable bonds is 0. The fourth-order valence-electron chi connectivity index (χ4n) is 2.96. The highest BCUT2D eigenvalue weighted by molar-refractivity contribution is 6.03. The summed E-state index contributed by atoms with van der Waals surface area (Å²) in [5.41, 5.74) is 3.02. The summed E-state index contributed by atoms with van der Waals surface area (Å²) < 4.78 is 1.85. The van der Waals surface area contributed by atoms with E-state index in [2.05, 4.69) is 5.10 Å². The number of ketones is 1. The van der Waals surface area contributed by atoms with Gasteiger partial charge in [0.25, 0.3) is 0 Å². The molecule has 2 aliphatic carbocycles. The van der Waals surface area contributed by atoms with Gasteiger partial charge >= 0.3 is 0 Å². The lowest BCUT2D eigenvalue weighted by molar-refractivity contribution is 0.0553. The summed E-state index contributed by atoms with van der Waals surface area (Å²) in [4.78, 5) is 12.4. The monoisotopic (exact) mass is 204 g/mol. The minimum absolute atomic E-state index is 0.0147. The standard InChI is InChI=1S/C12H16N2O/c1-8-10-9(13-14(8)2)4-7-12(11(10)15)5-3-6-12/h3-7H2,1-2H3. The molecule has 0 aromatic carbocycles. The van der Waals surface area contributed by atoms with Crippen molar-refractivity contribution in [3.05, 3.63) is 17.0 Å². The molecular weight excluding hydrogens is 188 g/mol. The highest BCUT2D eigenvalue weighted by Gasteiger charge is 2.48. The molecule has 1 spiro atoms. The molecule has 0 N–H and O–H groups in total. The van der Waals surface area contributed by atoms with Gasteiger partial charge in [-0.3, -0.25) is 9.48 Å². The molecule has 15 heavy (non-hydrogen) atoms. The summed E-state index contributed by atoms with van der Waals surface area (Å²) in [7, 11) is 1.92. The molecule has 3 nitrogen and oxygen atoms in total. The van der Waals surface area contributed by atoms with Crippen molar-refractivity contribution in [2.45, 2.75) is 39.0 Å². The second-order valence-corrected chi connectivity index (χ2v) is 4.99. The molecule has 1 aromatic heterocycles. The molecule has 3 rings (SSSR count). The van der Waals surface area contributed by atoms with Crippen LogP contribution in [0.1, 0.15) is 47.4 Å². The van der Waals surface area contributed by atoms with Crippen molar-refractivity contribution in [1.82, 2.24) is 9.78 Å². The Hall–Kier alpha value is -1.12. The molecule has 3 heteroatoms. The van der Waals surface area contributed by atoms with Gasteiger partial charge in [-0.25, -0.2) is 0 Å². The predicted molar refractivity (Wildman–Crippen MR) is 56.9 cm³/mol. The van der Waals surface area contributed by atoms with Crippen LogP contribution >= 0.6 is 0 Å². The maximum atomic E-state index is 12.4. The van der Waals surface area contributed by atoms with E-state index in [4.69, 9.17) is 0 Å². The van der Waals surface area contributed by atoms with Crippen LogP contribution in [0.15, 0.2) is 0 Å². The van der Waals surface area contributed by atoms with E-state index in [9.17, 15) is 4.79 Å². The van der Waals surface area contributed by atoms with Crippen LogP contribution in [0, 0.1) is 12.3 Å². The van der Waals surface area contributed by atoms with Crippen molar-refractivity contribution in [3.63, 3.8) is 0 Å². The van der Waals surface area contributed by atoms with Gasteiger partial charge in [0.05, 0.1) is 11.3 Å². The van der Waals surface area contributed by atoms with Crippen molar-refractivity contribution in [1.29, 1.82) is 0 Å². The number of aryl methyl sites for hydroxylation is 2. The molecule has 1 aromatic rings. The van der Waals surface area contributed by atoms with E-state index in [0.717, 1.165) is 42.6 Å². The largest absolute Gasteiger partial charge is 0.293 e. The van der Waals surface area contributed by atoms with E-state index in [1.54, 1.807) is 0 Å². The van der Waals surface area contributed by atoms with Gasteiger partial charge in [0.2, 0.25) is 0 Å². The number of fused-ring (bicyclic) bond motifs is 1. The maximum absolute atomic E-state index is 12.4. The van der Waals surface area contributed by atoms with Gasteiger partial charge in [0.1, 0.15) is 0 Å². The Morgan fingerprint density at radius 2 is 2.07 bits per heavy atom. The predicted octanol–water partition coefficient (Wildman–Crippen LogP) is 2.03. The summed E-state index contributed by atoms with van der Waals surface area (Å²) in [6, 6.07) is 0. The van der Waals surface area contributed by atoms with Crippen molar-refractivity contribution >= 4 is 5.78 Å². The molecule has 0 radical (unpaired) electrons. The third kappa shape index (κ3) is 1.01. The first kappa shape index (κ1) is 9.13. The minimum atomic E-state index is 0.0147. The molecule has 0 bridgehead atoms. The van der Waals surface area contributed by atoms with Gasteiger partial charge < -0.3 is 0 Å². The zero-order chi connectivity index (χ0) is 10.6. The van der Waals surface area contributed by atoms with Crippen LogP contribution in [-0.4, -0.2) is 15.6 Å². The van der Waals surface area contributed by atoms with E-state index in [0.29, 0.717) is 5.78 Å². The van der Waals surface area contributed by atoms with Gasteiger partial charge in [-0.15, -0.1) is 0 Å². The zero-order valence-corrected chi connectivity index (χ0v) is 9.34. The molecular formula is C12H16N2O. The van der Waals surface area contributed by atoms with Crippen molar-refractivity contribution in [3.8, 4) is 0 Å². The molecule has 2 aliphatic rings. The third-order valence-electron chi connectivity index (χ3n) is 4.27. The molecule has 0 aliphatic heterocycles. The Morgan fingerprint density at radius 3 is 2.67 bits per heavy atom. The summed E-state index contributed by atoms with van der Waals surface area (Å²) in [5.74, 6) is 0.376. The average Bonchev–Trinajstić information content (AvgIpc) is 2.42. The summed E-state index contributed by atoms with van der Waals surface area (Å²) in [6.07, 6.45) is 5.43. The van der Waals surface area contributed by atoms with E-state index in [1.807, 2.05) is 18.7 Å². The lowest BCUT2D eigenvalue weighted by Crippen LogP contribution is -2.41. The first-order chi connectivity index (χ1) is 7.14. The number of carbonyl (C=O) groups is 1. The Balaban J connectivity index is 2.12. The van der Waals surface area contributed by atoms with Crippen LogP contribution in [0.25, 0.3) is 0 Å². The number of Topliss-reactive ketones (excluding diaryl/α,β-unsaturated/α-hetero) is 1. The first-order valence-corrected chi connectivity index (χ1v) is 5.71. The number of hydrogen-bond donors (Lipinski definition) is 0. The molecule has 0 saturated heterocycles. The van der Waals surface area contributed by atoms with Crippen LogP contribution in [-0.2, 0) is 13.5 Å². The quantitative estimate of drug-likeness (QED) is 0.648. The average molecular weight is 204 g/mol. The van der Waals surface area contributed by atoms with Crippen molar-refractivity contribution in [2.75, 3.05) is 0 Å². The molecule has 0 amide bonds. The summed E-state index contributed by atoms with van der Waals surface area (Å²) in [5, 5.41) is 4.42. The lowest BCUT2D eigenvalue weighted by atomic mass is 9.59. The first-order valence-electron chi connectivity index (χ1n) is 5.71. The molecule has 1 heterocycles. The smallest absolute Gasteiger partial charge is 0.172 e. The van der Waals surface area contributed by atoms with Gasteiger partial charge in [0.15, 0.2) is 5.78 Å². The zero-order valence-electron chi connectivity index (χ0n) is 9.34. The van der Waals surface area contributed by atoms with Crippen molar-refractivity contribution in [2.24, 2.45) is 12.5 Å². The second-order valence-electron chi connectivity index (χ2n) is 4.99. The Labute approximate surface area is 89.5 Å². The van der Waals surface area contributed by atoms with E-state index in [-0.39, 0.29) is 5.41 Å². The van der Waals surface area contributed by atoms with E-state index < -0.39 is 0 Å². The lowest BCUT2D eigenvalue weighted by Gasteiger charge is -2.42. The Morgan fingerprint density at radius 1 is 1.33 bits per heavy atom. The molecule has 1 saturated carbocycles. The highest BCUT2D eigenvalue weighted by atomic mass is 16.1. The highest BCUT2D eigenvalue weighted by Crippen LogP contribution is 2.50. The third-order valence-corrected chi connectivity index (χ3v) is 4.27. The Kier molecular flexibility index (Phi) is 1.65. The van der Waals surface area contributed by atoms with E-state index in [1.165, 1.54) is 6.42 Å². The normalized spacial score (nSPS) is 22.7. The molecule has 0 atom stereocenters. The molecule has 80 valence electrons. The molecule has 1 fully saturated rings. The summed E-state index contributed by atoms with van der Waals surface area (Å²) >= 11 is 0. The Bertz CT molecular complexity index is 441. The van der Waals surface area contributed by atoms with E-state index >= 15 is 0 Å². The van der Waals surface area contributed by atoms with Gasteiger partial charge in [-0.2, -0.15) is 5.10 Å². The van der Waals surface area contributed by atoms with Crippen LogP contribution < -0.4 is 0 Å².